The molecule has 0 radical (unpaired) electrons. The lowest BCUT2D eigenvalue weighted by molar-refractivity contribution is -0.329. The summed E-state index contributed by atoms with van der Waals surface area (Å²) in [6, 6.07) is 0. The van der Waals surface area contributed by atoms with Crippen LogP contribution in [-0.2, 0) is 18.9 Å². The molecule has 0 saturated carbocycles. The molecule has 1 aliphatic rings. The number of hydrogen-bond acceptors (Lipinski definition) is 5. The van der Waals surface area contributed by atoms with Gasteiger partial charge in [0.05, 0.1) is 6.61 Å². The highest BCUT2D eigenvalue weighted by molar-refractivity contribution is 4.65. The van der Waals surface area contributed by atoms with Crippen molar-refractivity contribution in [1.82, 2.24) is 0 Å². The number of ether oxygens (including phenoxy) is 4. The molecular weight excluding hydrogens is 212 g/mol. The standard InChI is InChI=1S/C11H22O5/c1-4-5-6-13-9-7-15-11(2,3)16-8-14-10(9)12/h9-10,12H,4-8H2,1-3H3/t9-,10-/m0/s1. The smallest absolute Gasteiger partial charge is 0.186 e. The Balaban J connectivity index is 2.39. The number of aliphatic hydroxyl groups is 1. The molecule has 5 heteroatoms. The first-order chi connectivity index (χ1) is 7.55. The van der Waals surface area contributed by atoms with Crippen molar-refractivity contribution in [2.45, 2.75) is 51.8 Å². The Morgan fingerprint density at radius 3 is 2.81 bits per heavy atom. The van der Waals surface area contributed by atoms with E-state index in [2.05, 4.69) is 6.92 Å². The van der Waals surface area contributed by atoms with Gasteiger partial charge in [0.2, 0.25) is 0 Å². The molecule has 1 heterocycles. The third-order valence-electron chi connectivity index (χ3n) is 2.39. The maximum Gasteiger partial charge on any atom is 0.186 e. The van der Waals surface area contributed by atoms with E-state index in [9.17, 15) is 5.11 Å². The molecule has 0 bridgehead atoms. The first kappa shape index (κ1) is 13.9. The Labute approximate surface area is 96.6 Å². The Bertz CT molecular complexity index is 195. The van der Waals surface area contributed by atoms with Gasteiger partial charge < -0.3 is 24.1 Å². The average molecular weight is 234 g/mol. The Hall–Kier alpha value is -0.200. The van der Waals surface area contributed by atoms with E-state index in [4.69, 9.17) is 18.9 Å². The normalized spacial score (nSPS) is 30.8. The van der Waals surface area contributed by atoms with Gasteiger partial charge in [-0.1, -0.05) is 13.3 Å². The number of hydrogen-bond donors (Lipinski definition) is 1. The fraction of sp³-hybridized carbons (Fsp3) is 1.00. The summed E-state index contributed by atoms with van der Waals surface area (Å²) in [6.07, 6.45) is 0.574. The molecule has 0 aromatic heterocycles. The van der Waals surface area contributed by atoms with E-state index in [1.807, 2.05) is 0 Å². The predicted molar refractivity (Wildman–Crippen MR) is 57.7 cm³/mol. The van der Waals surface area contributed by atoms with Crippen molar-refractivity contribution in [3.05, 3.63) is 0 Å². The summed E-state index contributed by atoms with van der Waals surface area (Å²) in [5.74, 6) is -0.702. The topological polar surface area (TPSA) is 57.2 Å². The van der Waals surface area contributed by atoms with Crippen LogP contribution in [0.25, 0.3) is 0 Å². The van der Waals surface area contributed by atoms with Crippen molar-refractivity contribution in [2.75, 3.05) is 20.0 Å². The Morgan fingerprint density at radius 1 is 1.38 bits per heavy atom. The highest BCUT2D eigenvalue weighted by Gasteiger charge is 2.29. The van der Waals surface area contributed by atoms with Gasteiger partial charge in [-0.25, -0.2) is 0 Å². The van der Waals surface area contributed by atoms with Gasteiger partial charge in [-0.15, -0.1) is 0 Å². The molecule has 0 aromatic carbocycles. The molecular formula is C11H22O5. The fourth-order valence-corrected chi connectivity index (χ4v) is 1.27. The first-order valence-corrected chi connectivity index (χ1v) is 5.74. The van der Waals surface area contributed by atoms with Crippen molar-refractivity contribution < 1.29 is 24.1 Å². The number of aliphatic hydroxyl groups excluding tert-OH is 1. The monoisotopic (exact) mass is 234 g/mol. The largest absolute Gasteiger partial charge is 0.371 e. The summed E-state index contributed by atoms with van der Waals surface area (Å²) in [7, 11) is 0. The van der Waals surface area contributed by atoms with Crippen LogP contribution in [0.5, 0.6) is 0 Å². The molecule has 5 nitrogen and oxygen atoms in total. The van der Waals surface area contributed by atoms with Crippen molar-refractivity contribution >= 4 is 0 Å². The van der Waals surface area contributed by atoms with Crippen molar-refractivity contribution in [3.8, 4) is 0 Å². The molecule has 0 aromatic rings. The Morgan fingerprint density at radius 2 is 2.12 bits per heavy atom. The summed E-state index contributed by atoms with van der Waals surface area (Å²) < 4.78 is 21.4. The molecule has 0 aliphatic carbocycles. The molecule has 1 N–H and O–H groups in total. The minimum absolute atomic E-state index is 0.00179. The molecule has 0 amide bonds. The van der Waals surface area contributed by atoms with E-state index in [0.717, 1.165) is 12.8 Å². The fourth-order valence-electron chi connectivity index (χ4n) is 1.27. The first-order valence-electron chi connectivity index (χ1n) is 5.74. The van der Waals surface area contributed by atoms with E-state index < -0.39 is 18.2 Å². The molecule has 0 unspecified atom stereocenters. The molecule has 16 heavy (non-hydrogen) atoms. The van der Waals surface area contributed by atoms with Crippen LogP contribution in [0.1, 0.15) is 33.6 Å². The van der Waals surface area contributed by atoms with Gasteiger partial charge in [0.1, 0.15) is 6.10 Å². The van der Waals surface area contributed by atoms with E-state index in [-0.39, 0.29) is 13.4 Å². The predicted octanol–water partition coefficient (Wildman–Crippen LogP) is 1.25. The Kier molecular flexibility index (Phi) is 5.64. The summed E-state index contributed by atoms with van der Waals surface area (Å²) in [5.41, 5.74) is 0. The van der Waals surface area contributed by atoms with Gasteiger partial charge >= 0.3 is 0 Å². The van der Waals surface area contributed by atoms with Crippen molar-refractivity contribution in [3.63, 3.8) is 0 Å². The van der Waals surface area contributed by atoms with Crippen LogP contribution < -0.4 is 0 Å². The lowest BCUT2D eigenvalue weighted by Gasteiger charge is -2.33. The third kappa shape index (κ3) is 4.76. The second kappa shape index (κ2) is 6.51. The molecule has 1 saturated heterocycles. The molecule has 2 atom stereocenters. The molecule has 1 rings (SSSR count). The zero-order valence-electron chi connectivity index (χ0n) is 10.3. The zero-order valence-corrected chi connectivity index (χ0v) is 10.3. The quantitative estimate of drug-likeness (QED) is 0.742. The lowest BCUT2D eigenvalue weighted by atomic mass is 10.3. The lowest BCUT2D eigenvalue weighted by Crippen LogP contribution is -2.44. The van der Waals surface area contributed by atoms with Gasteiger partial charge in [-0.05, 0) is 20.3 Å². The number of unbranched alkanes of at least 4 members (excludes halogenated alkanes) is 1. The highest BCUT2D eigenvalue weighted by Crippen LogP contribution is 2.17. The van der Waals surface area contributed by atoms with Crippen molar-refractivity contribution in [1.29, 1.82) is 0 Å². The van der Waals surface area contributed by atoms with E-state index in [1.165, 1.54) is 0 Å². The summed E-state index contributed by atoms with van der Waals surface area (Å²) >= 11 is 0. The summed E-state index contributed by atoms with van der Waals surface area (Å²) in [5, 5.41) is 9.64. The van der Waals surface area contributed by atoms with Gasteiger partial charge in [0.25, 0.3) is 0 Å². The maximum atomic E-state index is 9.64. The van der Waals surface area contributed by atoms with E-state index in [0.29, 0.717) is 6.61 Å². The van der Waals surface area contributed by atoms with Crippen LogP contribution in [0, 0.1) is 0 Å². The molecule has 1 fully saturated rings. The maximum absolute atomic E-state index is 9.64. The third-order valence-corrected chi connectivity index (χ3v) is 2.39. The van der Waals surface area contributed by atoms with Crippen LogP contribution in [0.3, 0.4) is 0 Å². The van der Waals surface area contributed by atoms with Crippen LogP contribution in [0.4, 0.5) is 0 Å². The molecule has 1 aliphatic heterocycles. The summed E-state index contributed by atoms with van der Waals surface area (Å²) in [6.45, 7) is 6.56. The zero-order chi connectivity index (χ0) is 12.0. The molecule has 96 valence electrons. The van der Waals surface area contributed by atoms with Crippen LogP contribution in [0.2, 0.25) is 0 Å². The van der Waals surface area contributed by atoms with Crippen LogP contribution in [0.15, 0.2) is 0 Å². The number of rotatable bonds is 4. The van der Waals surface area contributed by atoms with Crippen LogP contribution >= 0.6 is 0 Å². The van der Waals surface area contributed by atoms with E-state index in [1.54, 1.807) is 13.8 Å². The van der Waals surface area contributed by atoms with Crippen molar-refractivity contribution in [2.24, 2.45) is 0 Å². The van der Waals surface area contributed by atoms with Gasteiger partial charge in [-0.3, -0.25) is 0 Å². The SMILES string of the molecule is CCCCO[C@H]1COC(C)(C)OCO[C@@H]1O. The second-order valence-electron chi connectivity index (χ2n) is 4.29. The van der Waals surface area contributed by atoms with Gasteiger partial charge in [0, 0.05) is 6.61 Å². The molecule has 0 spiro atoms. The summed E-state index contributed by atoms with van der Waals surface area (Å²) in [4.78, 5) is 0. The second-order valence-corrected chi connectivity index (χ2v) is 4.29. The minimum atomic E-state index is -0.993. The van der Waals surface area contributed by atoms with E-state index >= 15 is 0 Å². The van der Waals surface area contributed by atoms with Crippen LogP contribution in [-0.4, -0.2) is 43.3 Å². The average Bonchev–Trinajstić information content (AvgIpc) is 2.21. The van der Waals surface area contributed by atoms with Gasteiger partial charge in [-0.2, -0.15) is 0 Å². The van der Waals surface area contributed by atoms with Gasteiger partial charge in [0.15, 0.2) is 18.9 Å². The minimum Gasteiger partial charge on any atom is -0.371 e. The highest BCUT2D eigenvalue weighted by atomic mass is 16.8.